The summed E-state index contributed by atoms with van der Waals surface area (Å²) in [7, 11) is -3.43. The molecule has 2 N–H and O–H groups in total. The van der Waals surface area contributed by atoms with Crippen molar-refractivity contribution in [1.82, 2.24) is 30.2 Å². The number of hydrogen-bond acceptors (Lipinski definition) is 11. The van der Waals surface area contributed by atoms with Gasteiger partial charge in [-0.2, -0.15) is 0 Å². The number of likely N-dealkylation sites (tertiary alicyclic amines) is 1. The smallest absolute Gasteiger partial charge is 0.280 e. The summed E-state index contributed by atoms with van der Waals surface area (Å²) in [4.78, 5) is 33.8. The summed E-state index contributed by atoms with van der Waals surface area (Å²) >= 11 is 1.21. The fraction of sp³-hybridized carbons (Fsp3) is 0.480. The first kappa shape index (κ1) is 26.0. The highest BCUT2D eigenvalue weighted by Gasteiger charge is 2.40. The molecule has 206 valence electrons. The van der Waals surface area contributed by atoms with Crippen molar-refractivity contribution in [1.29, 1.82) is 0 Å². The zero-order valence-electron chi connectivity index (χ0n) is 21.3. The molecule has 3 aliphatic rings. The van der Waals surface area contributed by atoms with Gasteiger partial charge >= 0.3 is 0 Å². The first-order chi connectivity index (χ1) is 18.9. The zero-order valence-corrected chi connectivity index (χ0v) is 23.0. The molecule has 3 fully saturated rings. The summed E-state index contributed by atoms with van der Waals surface area (Å²) in [6.07, 6.45) is 8.79. The summed E-state index contributed by atoms with van der Waals surface area (Å²) in [5.74, 6) is 0.0539. The van der Waals surface area contributed by atoms with Crippen LogP contribution >= 0.6 is 11.3 Å². The molecule has 39 heavy (non-hydrogen) atoms. The molecular weight excluding hydrogens is 542 g/mol. The van der Waals surface area contributed by atoms with Gasteiger partial charge in [-0.1, -0.05) is 0 Å². The maximum Gasteiger partial charge on any atom is 0.280 e. The number of fused-ring (bicyclic) bond motifs is 2. The Morgan fingerprint density at radius 1 is 1.28 bits per heavy atom. The quantitative estimate of drug-likeness (QED) is 0.351. The van der Waals surface area contributed by atoms with Crippen molar-refractivity contribution in [2.24, 2.45) is 0 Å². The molecule has 2 aliphatic heterocycles. The van der Waals surface area contributed by atoms with Crippen molar-refractivity contribution in [3.63, 3.8) is 0 Å². The maximum atomic E-state index is 13.4. The maximum absolute atomic E-state index is 13.4. The second kappa shape index (κ2) is 10.8. The number of anilines is 1. The lowest BCUT2D eigenvalue weighted by molar-refractivity contribution is 0.0265. The minimum absolute atomic E-state index is 0.200. The number of pyridine rings is 1. The van der Waals surface area contributed by atoms with E-state index in [0.29, 0.717) is 60.4 Å². The standard InChI is InChI=1S/C25H29N7O5S2/c1-2-36-23-11-26-9-20(29-23)22-10-28-25(38-22)24(33)30-21(13-32-12-17-8-16(32)14-37-17)19-7-15(5-6-27-19)31-39(34,35)18-3-4-18/h5-7,9-11,16-18,21H,2-4,8,12-14H2,1H3,(H,27,31)(H,30,33)/t16-,17-,21-/m0/s1. The Labute approximate surface area is 230 Å². The van der Waals surface area contributed by atoms with Gasteiger partial charge < -0.3 is 14.8 Å². The molecule has 2 bridgehead atoms. The highest BCUT2D eigenvalue weighted by Crippen LogP contribution is 2.32. The molecule has 1 amide bonds. The molecule has 0 unspecified atom stereocenters. The van der Waals surface area contributed by atoms with E-state index in [-0.39, 0.29) is 28.3 Å². The fourth-order valence-corrected chi connectivity index (χ4v) is 7.03. The molecule has 0 aromatic carbocycles. The molecule has 12 nitrogen and oxygen atoms in total. The highest BCUT2D eigenvalue weighted by atomic mass is 32.2. The lowest BCUT2D eigenvalue weighted by atomic mass is 10.1. The Hall–Kier alpha value is -3.20. The first-order valence-electron chi connectivity index (χ1n) is 12.9. The van der Waals surface area contributed by atoms with Crippen molar-refractivity contribution in [2.75, 3.05) is 31.0 Å². The number of ether oxygens (including phenoxy) is 2. The number of hydrogen-bond donors (Lipinski definition) is 2. The van der Waals surface area contributed by atoms with E-state index in [1.54, 1.807) is 30.7 Å². The van der Waals surface area contributed by atoms with Crippen LogP contribution in [0.5, 0.6) is 5.88 Å². The SMILES string of the molecule is CCOc1cncc(-c2cnc(C(=O)N[C@@H](CN3C[C@@H]4C[C@H]3CO4)c3cc(NS(=O)(=O)C4CC4)ccn3)s2)n1. The normalized spacial score (nSPS) is 21.6. The summed E-state index contributed by atoms with van der Waals surface area (Å²) in [6, 6.07) is 3.11. The van der Waals surface area contributed by atoms with Crippen LogP contribution in [-0.2, 0) is 14.8 Å². The third kappa shape index (κ3) is 5.88. The predicted octanol–water partition coefficient (Wildman–Crippen LogP) is 2.24. The van der Waals surface area contributed by atoms with Crippen LogP contribution in [0, 0.1) is 0 Å². The number of aromatic nitrogens is 4. The summed E-state index contributed by atoms with van der Waals surface area (Å²) in [5.41, 5.74) is 1.57. The van der Waals surface area contributed by atoms with E-state index in [1.165, 1.54) is 17.5 Å². The lowest BCUT2D eigenvalue weighted by Gasteiger charge is -2.30. The molecule has 14 heteroatoms. The van der Waals surface area contributed by atoms with Crippen LogP contribution in [0.4, 0.5) is 5.69 Å². The largest absolute Gasteiger partial charge is 0.477 e. The number of thiazole rings is 1. The van der Waals surface area contributed by atoms with Gasteiger partial charge in [-0.15, -0.1) is 11.3 Å². The first-order valence-corrected chi connectivity index (χ1v) is 15.3. The lowest BCUT2D eigenvalue weighted by Crippen LogP contribution is -2.44. The van der Waals surface area contributed by atoms with Gasteiger partial charge in [0.1, 0.15) is 5.69 Å². The molecule has 0 radical (unpaired) electrons. The monoisotopic (exact) mass is 571 g/mol. The minimum atomic E-state index is -3.43. The molecule has 2 saturated heterocycles. The van der Waals surface area contributed by atoms with Gasteiger partial charge in [0.05, 0.1) is 59.3 Å². The van der Waals surface area contributed by atoms with Crippen molar-refractivity contribution in [3.8, 4) is 16.5 Å². The van der Waals surface area contributed by atoms with Gasteiger partial charge in [-0.25, -0.2) is 18.4 Å². The Kier molecular flexibility index (Phi) is 7.18. The van der Waals surface area contributed by atoms with Crippen molar-refractivity contribution >= 4 is 33.0 Å². The topological polar surface area (TPSA) is 149 Å². The van der Waals surface area contributed by atoms with Crippen LogP contribution in [0.3, 0.4) is 0 Å². The Bertz CT molecular complexity index is 1460. The number of sulfonamides is 1. The van der Waals surface area contributed by atoms with E-state index < -0.39 is 16.1 Å². The van der Waals surface area contributed by atoms with Gasteiger partial charge in [0.25, 0.3) is 5.91 Å². The van der Waals surface area contributed by atoms with E-state index in [4.69, 9.17) is 9.47 Å². The van der Waals surface area contributed by atoms with E-state index in [9.17, 15) is 13.2 Å². The van der Waals surface area contributed by atoms with Crippen molar-refractivity contribution in [2.45, 2.75) is 49.6 Å². The van der Waals surface area contributed by atoms with Crippen LogP contribution in [0.1, 0.15) is 47.7 Å². The highest BCUT2D eigenvalue weighted by molar-refractivity contribution is 7.93. The number of rotatable bonds is 11. The second-order valence-corrected chi connectivity index (χ2v) is 12.8. The average molecular weight is 572 g/mol. The van der Waals surface area contributed by atoms with Crippen LogP contribution < -0.4 is 14.8 Å². The van der Waals surface area contributed by atoms with E-state index >= 15 is 0 Å². The van der Waals surface area contributed by atoms with Crippen LogP contribution in [0.15, 0.2) is 36.9 Å². The van der Waals surface area contributed by atoms with Crippen LogP contribution in [0.2, 0.25) is 0 Å². The van der Waals surface area contributed by atoms with Crippen molar-refractivity contribution in [3.05, 3.63) is 47.6 Å². The van der Waals surface area contributed by atoms with Crippen molar-refractivity contribution < 1.29 is 22.7 Å². The van der Waals surface area contributed by atoms with Gasteiger partial charge in [0.15, 0.2) is 5.01 Å². The molecule has 3 aromatic rings. The number of carbonyl (C=O) groups is 1. The summed E-state index contributed by atoms with van der Waals surface area (Å²) in [5, 5.41) is 3.01. The number of carbonyl (C=O) groups excluding carboxylic acids is 1. The zero-order chi connectivity index (χ0) is 27.0. The minimum Gasteiger partial charge on any atom is -0.477 e. The predicted molar refractivity (Wildman–Crippen MR) is 144 cm³/mol. The second-order valence-electron chi connectivity index (χ2n) is 9.85. The number of nitrogens with zero attached hydrogens (tertiary/aromatic N) is 5. The number of morpholine rings is 1. The van der Waals surface area contributed by atoms with Crippen LogP contribution in [-0.4, -0.2) is 82.9 Å². The average Bonchev–Trinajstić information content (AvgIpc) is 3.34. The van der Waals surface area contributed by atoms with E-state index in [2.05, 4.69) is 34.9 Å². The van der Waals surface area contributed by atoms with Crippen LogP contribution in [0.25, 0.3) is 10.6 Å². The third-order valence-electron chi connectivity index (χ3n) is 6.95. The van der Waals surface area contributed by atoms with E-state index in [0.717, 1.165) is 13.0 Å². The van der Waals surface area contributed by atoms with Gasteiger partial charge in [0, 0.05) is 31.5 Å². The molecule has 6 rings (SSSR count). The molecule has 5 heterocycles. The van der Waals surface area contributed by atoms with Gasteiger partial charge in [0.2, 0.25) is 15.9 Å². The molecule has 3 atom stereocenters. The summed E-state index contributed by atoms with van der Waals surface area (Å²) < 4.78 is 38.8. The van der Waals surface area contributed by atoms with E-state index in [1.807, 2.05) is 6.92 Å². The molecule has 3 aromatic heterocycles. The van der Waals surface area contributed by atoms with Gasteiger partial charge in [-0.05, 0) is 38.3 Å². The molecular formula is C25H29N7O5S2. The molecule has 1 aliphatic carbocycles. The molecule has 0 spiro atoms. The Balaban J connectivity index is 1.22. The fourth-order valence-electron chi connectivity index (χ4n) is 4.88. The number of nitrogens with one attached hydrogen (secondary N) is 2. The molecule has 1 saturated carbocycles. The Morgan fingerprint density at radius 2 is 2.15 bits per heavy atom. The third-order valence-corrected chi connectivity index (χ3v) is 9.84. The Morgan fingerprint density at radius 3 is 2.90 bits per heavy atom. The van der Waals surface area contributed by atoms with Gasteiger partial charge in [-0.3, -0.25) is 24.4 Å². The summed E-state index contributed by atoms with van der Waals surface area (Å²) in [6.45, 7) is 4.30. The number of amides is 1.